The Morgan fingerprint density at radius 3 is 2.74 bits per heavy atom. The van der Waals surface area contributed by atoms with Gasteiger partial charge < -0.3 is 9.88 Å². The molecule has 0 saturated carbocycles. The first kappa shape index (κ1) is 14.2. The Bertz CT molecular complexity index is 546. The Labute approximate surface area is 119 Å². The summed E-state index contributed by atoms with van der Waals surface area (Å²) in [5.41, 5.74) is 2.69. The predicted molar refractivity (Wildman–Crippen MR) is 80.5 cm³/mol. The zero-order valence-electron chi connectivity index (χ0n) is 12.0. The number of rotatable bonds is 5. The van der Waals surface area contributed by atoms with Crippen LogP contribution in [-0.2, 0) is 13.6 Å². The molecule has 0 fully saturated rings. The largest absolute Gasteiger partial charge is 0.329 e. The van der Waals surface area contributed by atoms with E-state index in [9.17, 15) is 0 Å². The number of hydrogen-bond donors (Lipinski definition) is 1. The quantitative estimate of drug-likeness (QED) is 0.907. The number of nitrogens with one attached hydrogen (secondary N) is 1. The van der Waals surface area contributed by atoms with Crippen LogP contribution >= 0.6 is 11.8 Å². The molecule has 1 aromatic carbocycles. The summed E-state index contributed by atoms with van der Waals surface area (Å²) >= 11 is 1.70. The topological polar surface area (TPSA) is 29.9 Å². The minimum absolute atomic E-state index is 0.515. The third-order valence-corrected chi connectivity index (χ3v) is 4.07. The van der Waals surface area contributed by atoms with Crippen molar-refractivity contribution < 1.29 is 0 Å². The van der Waals surface area contributed by atoms with E-state index in [1.165, 1.54) is 16.0 Å². The average molecular weight is 275 g/mol. The summed E-state index contributed by atoms with van der Waals surface area (Å²) in [6.45, 7) is 7.43. The average Bonchev–Trinajstić information content (AvgIpc) is 2.74. The molecule has 0 aliphatic rings. The second-order valence-electron chi connectivity index (χ2n) is 5.05. The van der Waals surface area contributed by atoms with Crippen molar-refractivity contribution in [2.24, 2.45) is 7.05 Å². The molecular formula is C15H21N3S. The number of aromatic nitrogens is 2. The summed E-state index contributed by atoms with van der Waals surface area (Å²) in [5, 5.41) is 4.47. The van der Waals surface area contributed by atoms with Gasteiger partial charge >= 0.3 is 0 Å². The fourth-order valence-corrected chi connectivity index (χ4v) is 2.70. The van der Waals surface area contributed by atoms with E-state index >= 15 is 0 Å². The molecule has 102 valence electrons. The highest BCUT2D eigenvalue weighted by molar-refractivity contribution is 7.99. The lowest BCUT2D eigenvalue weighted by molar-refractivity contribution is 0.587. The van der Waals surface area contributed by atoms with Crippen molar-refractivity contribution in [1.82, 2.24) is 14.9 Å². The van der Waals surface area contributed by atoms with Crippen LogP contribution in [-0.4, -0.2) is 15.6 Å². The van der Waals surface area contributed by atoms with Crippen LogP contribution in [0.1, 0.15) is 25.0 Å². The van der Waals surface area contributed by atoms with Crippen molar-refractivity contribution in [1.29, 1.82) is 0 Å². The van der Waals surface area contributed by atoms with Gasteiger partial charge in [-0.2, -0.15) is 0 Å². The van der Waals surface area contributed by atoms with E-state index in [1.807, 2.05) is 24.0 Å². The van der Waals surface area contributed by atoms with Crippen LogP contribution in [0.2, 0.25) is 0 Å². The fourth-order valence-electron chi connectivity index (χ4n) is 1.80. The van der Waals surface area contributed by atoms with E-state index < -0.39 is 0 Å². The molecular weight excluding hydrogens is 254 g/mol. The fraction of sp³-hybridized carbons (Fsp3) is 0.400. The number of benzene rings is 1. The molecule has 0 atom stereocenters. The van der Waals surface area contributed by atoms with Crippen molar-refractivity contribution >= 4 is 11.8 Å². The molecule has 0 unspecified atom stereocenters. The summed E-state index contributed by atoms with van der Waals surface area (Å²) in [6.07, 6.45) is 3.80. The van der Waals surface area contributed by atoms with Gasteiger partial charge in [0.1, 0.15) is 0 Å². The van der Waals surface area contributed by atoms with Gasteiger partial charge in [0.15, 0.2) is 5.16 Å². The van der Waals surface area contributed by atoms with Gasteiger partial charge in [0.25, 0.3) is 0 Å². The van der Waals surface area contributed by atoms with Crippen LogP contribution in [0.5, 0.6) is 0 Å². The Morgan fingerprint density at radius 2 is 2.16 bits per heavy atom. The Balaban J connectivity index is 2.08. The molecule has 0 aliphatic carbocycles. The minimum atomic E-state index is 0.515. The van der Waals surface area contributed by atoms with Gasteiger partial charge in [0, 0.05) is 36.9 Å². The number of aryl methyl sites for hydroxylation is 2. The van der Waals surface area contributed by atoms with E-state index in [2.05, 4.69) is 49.3 Å². The molecule has 0 aliphatic heterocycles. The first-order valence-corrected chi connectivity index (χ1v) is 7.36. The van der Waals surface area contributed by atoms with Gasteiger partial charge in [-0.25, -0.2) is 4.98 Å². The van der Waals surface area contributed by atoms with Gasteiger partial charge in [0.05, 0.1) is 0 Å². The van der Waals surface area contributed by atoms with E-state index in [0.717, 1.165) is 11.7 Å². The monoisotopic (exact) mass is 275 g/mol. The third-order valence-electron chi connectivity index (χ3n) is 3.00. The summed E-state index contributed by atoms with van der Waals surface area (Å²) in [5.74, 6) is 0. The molecule has 2 aromatic rings. The summed E-state index contributed by atoms with van der Waals surface area (Å²) in [4.78, 5) is 5.57. The maximum Gasteiger partial charge on any atom is 0.172 e. The van der Waals surface area contributed by atoms with Crippen LogP contribution in [0.15, 0.2) is 40.6 Å². The molecule has 0 bridgehead atoms. The molecule has 0 amide bonds. The lowest BCUT2D eigenvalue weighted by Gasteiger charge is -2.11. The standard InChI is InChI=1S/C15H21N3S/c1-11(2)17-10-13-5-6-14(9-12(13)3)19-15-16-7-8-18(15)4/h5-9,11,17H,10H2,1-4H3. The maximum absolute atomic E-state index is 4.34. The van der Waals surface area contributed by atoms with Crippen LogP contribution in [0.25, 0.3) is 0 Å². The summed E-state index contributed by atoms with van der Waals surface area (Å²) in [7, 11) is 2.02. The molecule has 1 N–H and O–H groups in total. The van der Waals surface area contributed by atoms with Crippen LogP contribution in [0.3, 0.4) is 0 Å². The zero-order chi connectivity index (χ0) is 13.8. The lowest BCUT2D eigenvalue weighted by Crippen LogP contribution is -2.22. The van der Waals surface area contributed by atoms with E-state index in [-0.39, 0.29) is 0 Å². The highest BCUT2D eigenvalue weighted by Crippen LogP contribution is 2.27. The molecule has 0 radical (unpaired) electrons. The van der Waals surface area contributed by atoms with Crippen molar-refractivity contribution in [2.75, 3.05) is 0 Å². The first-order chi connectivity index (χ1) is 9.06. The van der Waals surface area contributed by atoms with Gasteiger partial charge in [-0.1, -0.05) is 31.7 Å². The molecule has 0 spiro atoms. The van der Waals surface area contributed by atoms with Gasteiger partial charge in [0.2, 0.25) is 0 Å². The molecule has 0 saturated heterocycles. The second-order valence-corrected chi connectivity index (χ2v) is 6.09. The van der Waals surface area contributed by atoms with Gasteiger partial charge in [-0.05, 0) is 30.2 Å². The Kier molecular flexibility index (Phi) is 4.66. The van der Waals surface area contributed by atoms with Crippen LogP contribution in [0.4, 0.5) is 0 Å². The molecule has 4 heteroatoms. The molecule has 1 heterocycles. The minimum Gasteiger partial charge on any atom is -0.329 e. The molecule has 2 rings (SSSR count). The van der Waals surface area contributed by atoms with Crippen LogP contribution < -0.4 is 5.32 Å². The summed E-state index contributed by atoms with van der Waals surface area (Å²) < 4.78 is 2.04. The zero-order valence-corrected chi connectivity index (χ0v) is 12.8. The van der Waals surface area contributed by atoms with Crippen molar-refractivity contribution in [3.05, 3.63) is 41.7 Å². The normalized spacial score (nSPS) is 11.2. The highest BCUT2D eigenvalue weighted by Gasteiger charge is 2.05. The van der Waals surface area contributed by atoms with E-state index in [4.69, 9.17) is 0 Å². The van der Waals surface area contributed by atoms with Crippen molar-refractivity contribution in [3.63, 3.8) is 0 Å². The van der Waals surface area contributed by atoms with Crippen molar-refractivity contribution in [3.8, 4) is 0 Å². The second kappa shape index (κ2) is 6.26. The Morgan fingerprint density at radius 1 is 1.37 bits per heavy atom. The molecule has 19 heavy (non-hydrogen) atoms. The molecule has 3 nitrogen and oxygen atoms in total. The smallest absolute Gasteiger partial charge is 0.172 e. The third kappa shape index (κ3) is 3.85. The number of imidazole rings is 1. The number of hydrogen-bond acceptors (Lipinski definition) is 3. The Hall–Kier alpha value is -1.26. The van der Waals surface area contributed by atoms with E-state index in [1.54, 1.807) is 11.8 Å². The summed E-state index contributed by atoms with van der Waals surface area (Å²) in [6, 6.07) is 7.12. The van der Waals surface area contributed by atoms with E-state index in [0.29, 0.717) is 6.04 Å². The van der Waals surface area contributed by atoms with Crippen LogP contribution in [0, 0.1) is 6.92 Å². The SMILES string of the molecule is Cc1cc(Sc2nccn2C)ccc1CNC(C)C. The van der Waals surface area contributed by atoms with Gasteiger partial charge in [-0.15, -0.1) is 0 Å². The van der Waals surface area contributed by atoms with Gasteiger partial charge in [-0.3, -0.25) is 0 Å². The first-order valence-electron chi connectivity index (χ1n) is 6.54. The highest BCUT2D eigenvalue weighted by atomic mass is 32.2. The lowest BCUT2D eigenvalue weighted by atomic mass is 10.1. The molecule has 1 aromatic heterocycles. The predicted octanol–water partition coefficient (Wildman–Crippen LogP) is 3.38. The van der Waals surface area contributed by atoms with Crippen molar-refractivity contribution in [2.45, 2.75) is 43.4 Å². The maximum atomic E-state index is 4.34. The number of nitrogens with zero attached hydrogens (tertiary/aromatic N) is 2.